The van der Waals surface area contributed by atoms with Gasteiger partial charge in [0.2, 0.25) is 0 Å². The topological polar surface area (TPSA) is 15.3 Å². The van der Waals surface area contributed by atoms with Gasteiger partial charge in [-0.2, -0.15) is 0 Å². The van der Waals surface area contributed by atoms with Crippen molar-refractivity contribution in [2.75, 3.05) is 13.1 Å². The SMILES string of the molecule is CC1CN(C2CCC(C)(C)CC2C)CC(C)N1. The summed E-state index contributed by atoms with van der Waals surface area (Å²) in [7, 11) is 0. The molecule has 2 rings (SSSR count). The lowest BCUT2D eigenvalue weighted by Crippen LogP contribution is -2.59. The van der Waals surface area contributed by atoms with Crippen LogP contribution >= 0.6 is 0 Å². The van der Waals surface area contributed by atoms with Gasteiger partial charge in [-0.3, -0.25) is 4.90 Å². The zero-order valence-corrected chi connectivity index (χ0v) is 12.3. The first-order chi connectivity index (χ1) is 7.87. The molecule has 1 saturated carbocycles. The molecule has 2 nitrogen and oxygen atoms in total. The summed E-state index contributed by atoms with van der Waals surface area (Å²) in [6.07, 6.45) is 4.19. The summed E-state index contributed by atoms with van der Waals surface area (Å²) in [5.41, 5.74) is 0.571. The van der Waals surface area contributed by atoms with Crippen molar-refractivity contribution < 1.29 is 0 Å². The fraction of sp³-hybridized carbons (Fsp3) is 1.00. The fourth-order valence-corrected chi connectivity index (χ4v) is 4.12. The van der Waals surface area contributed by atoms with E-state index in [0.717, 1.165) is 12.0 Å². The highest BCUT2D eigenvalue weighted by Gasteiger charge is 2.37. The van der Waals surface area contributed by atoms with Crippen LogP contribution in [-0.2, 0) is 0 Å². The largest absolute Gasteiger partial charge is 0.309 e. The Labute approximate surface area is 107 Å². The third-order valence-electron chi connectivity index (χ3n) is 4.70. The normalized spacial score (nSPS) is 43.6. The molecule has 100 valence electrons. The van der Waals surface area contributed by atoms with Crippen molar-refractivity contribution in [1.29, 1.82) is 0 Å². The second-order valence-corrected chi connectivity index (χ2v) is 7.37. The van der Waals surface area contributed by atoms with Gasteiger partial charge in [-0.15, -0.1) is 0 Å². The molecule has 0 radical (unpaired) electrons. The molecule has 2 heteroatoms. The molecule has 0 spiro atoms. The lowest BCUT2D eigenvalue weighted by Gasteiger charge is -2.48. The summed E-state index contributed by atoms with van der Waals surface area (Å²) in [6.45, 7) is 14.4. The minimum Gasteiger partial charge on any atom is -0.309 e. The van der Waals surface area contributed by atoms with Crippen molar-refractivity contribution in [3.63, 3.8) is 0 Å². The summed E-state index contributed by atoms with van der Waals surface area (Å²) in [5, 5.41) is 3.64. The van der Waals surface area contributed by atoms with Gasteiger partial charge in [-0.1, -0.05) is 20.8 Å². The predicted octanol–water partition coefficient (Wildman–Crippen LogP) is 2.88. The average molecular weight is 238 g/mol. The Morgan fingerprint density at radius 1 is 1.06 bits per heavy atom. The molecule has 1 N–H and O–H groups in total. The van der Waals surface area contributed by atoms with Crippen molar-refractivity contribution in [3.05, 3.63) is 0 Å². The van der Waals surface area contributed by atoms with E-state index in [1.54, 1.807) is 0 Å². The van der Waals surface area contributed by atoms with Gasteiger partial charge in [0.1, 0.15) is 0 Å². The Morgan fingerprint density at radius 3 is 2.18 bits per heavy atom. The maximum atomic E-state index is 3.64. The van der Waals surface area contributed by atoms with Gasteiger partial charge in [0, 0.05) is 31.2 Å². The van der Waals surface area contributed by atoms with E-state index in [9.17, 15) is 0 Å². The van der Waals surface area contributed by atoms with Gasteiger partial charge in [0.25, 0.3) is 0 Å². The number of hydrogen-bond donors (Lipinski definition) is 1. The molecule has 1 aliphatic heterocycles. The number of hydrogen-bond acceptors (Lipinski definition) is 2. The fourth-order valence-electron chi connectivity index (χ4n) is 4.12. The van der Waals surface area contributed by atoms with Crippen LogP contribution in [0.3, 0.4) is 0 Å². The molecule has 1 saturated heterocycles. The van der Waals surface area contributed by atoms with Crippen LogP contribution in [0.4, 0.5) is 0 Å². The molecule has 0 bridgehead atoms. The molecule has 4 unspecified atom stereocenters. The molecule has 17 heavy (non-hydrogen) atoms. The molecule has 4 atom stereocenters. The molecule has 0 amide bonds. The molecule has 2 fully saturated rings. The van der Waals surface area contributed by atoms with Crippen LogP contribution in [0.25, 0.3) is 0 Å². The highest BCUT2D eigenvalue weighted by molar-refractivity contribution is 4.92. The summed E-state index contributed by atoms with van der Waals surface area (Å²) >= 11 is 0. The van der Waals surface area contributed by atoms with E-state index in [1.165, 1.54) is 32.4 Å². The first-order valence-electron chi connectivity index (χ1n) is 7.37. The van der Waals surface area contributed by atoms with Crippen LogP contribution in [0.1, 0.15) is 53.9 Å². The van der Waals surface area contributed by atoms with Crippen LogP contribution in [0.2, 0.25) is 0 Å². The minimum absolute atomic E-state index is 0.571. The Bertz CT molecular complexity index is 252. The molecule has 0 aromatic carbocycles. The van der Waals surface area contributed by atoms with Crippen LogP contribution < -0.4 is 5.32 Å². The second kappa shape index (κ2) is 4.89. The quantitative estimate of drug-likeness (QED) is 0.755. The Kier molecular flexibility index (Phi) is 3.84. The van der Waals surface area contributed by atoms with Crippen LogP contribution in [0.15, 0.2) is 0 Å². The van der Waals surface area contributed by atoms with E-state index >= 15 is 0 Å². The maximum Gasteiger partial charge on any atom is 0.0169 e. The first-order valence-corrected chi connectivity index (χ1v) is 7.37. The summed E-state index contributed by atoms with van der Waals surface area (Å²) < 4.78 is 0. The van der Waals surface area contributed by atoms with Crippen LogP contribution in [0, 0.1) is 11.3 Å². The summed E-state index contributed by atoms with van der Waals surface area (Å²) in [5.74, 6) is 0.858. The van der Waals surface area contributed by atoms with Crippen LogP contribution in [0.5, 0.6) is 0 Å². The van der Waals surface area contributed by atoms with Gasteiger partial charge in [-0.25, -0.2) is 0 Å². The molecule has 0 aromatic rings. The molecule has 1 heterocycles. The van der Waals surface area contributed by atoms with Gasteiger partial charge < -0.3 is 5.32 Å². The summed E-state index contributed by atoms with van der Waals surface area (Å²) in [4.78, 5) is 2.76. The Morgan fingerprint density at radius 2 is 1.65 bits per heavy atom. The smallest absolute Gasteiger partial charge is 0.0169 e. The number of piperazine rings is 1. The van der Waals surface area contributed by atoms with E-state index in [4.69, 9.17) is 0 Å². The second-order valence-electron chi connectivity index (χ2n) is 7.37. The van der Waals surface area contributed by atoms with E-state index in [0.29, 0.717) is 17.5 Å². The number of nitrogens with one attached hydrogen (secondary N) is 1. The number of rotatable bonds is 1. The van der Waals surface area contributed by atoms with Crippen molar-refractivity contribution in [2.45, 2.75) is 72.0 Å². The molecule has 1 aliphatic carbocycles. The standard InChI is InChI=1S/C15H30N2/c1-11-8-15(4,5)7-6-14(11)17-9-12(2)16-13(3)10-17/h11-14,16H,6-10H2,1-5H3. The third-order valence-corrected chi connectivity index (χ3v) is 4.70. The monoisotopic (exact) mass is 238 g/mol. The highest BCUT2D eigenvalue weighted by atomic mass is 15.2. The van der Waals surface area contributed by atoms with Crippen molar-refractivity contribution in [1.82, 2.24) is 10.2 Å². The maximum absolute atomic E-state index is 3.64. The van der Waals surface area contributed by atoms with Gasteiger partial charge in [0.05, 0.1) is 0 Å². The lowest BCUT2D eigenvalue weighted by molar-refractivity contribution is 0.0333. The minimum atomic E-state index is 0.571. The van der Waals surface area contributed by atoms with Crippen molar-refractivity contribution in [2.24, 2.45) is 11.3 Å². The zero-order chi connectivity index (χ0) is 12.6. The number of nitrogens with zero attached hydrogens (tertiary/aromatic N) is 1. The Hall–Kier alpha value is -0.0800. The van der Waals surface area contributed by atoms with E-state index in [2.05, 4.69) is 44.8 Å². The third kappa shape index (κ3) is 3.23. The lowest BCUT2D eigenvalue weighted by atomic mass is 9.70. The molecule has 0 aromatic heterocycles. The highest BCUT2D eigenvalue weighted by Crippen LogP contribution is 2.40. The van der Waals surface area contributed by atoms with E-state index < -0.39 is 0 Å². The summed E-state index contributed by atoms with van der Waals surface area (Å²) in [6, 6.07) is 2.14. The zero-order valence-electron chi connectivity index (χ0n) is 12.3. The van der Waals surface area contributed by atoms with Gasteiger partial charge in [-0.05, 0) is 44.4 Å². The molecule has 2 aliphatic rings. The van der Waals surface area contributed by atoms with Crippen LogP contribution in [-0.4, -0.2) is 36.1 Å². The van der Waals surface area contributed by atoms with Gasteiger partial charge >= 0.3 is 0 Å². The average Bonchev–Trinajstić information content (AvgIpc) is 2.13. The van der Waals surface area contributed by atoms with Crippen molar-refractivity contribution in [3.8, 4) is 0 Å². The first kappa shape index (κ1) is 13.4. The predicted molar refractivity (Wildman–Crippen MR) is 74.2 cm³/mol. The molecular formula is C15H30N2. The van der Waals surface area contributed by atoms with E-state index in [-0.39, 0.29) is 0 Å². The van der Waals surface area contributed by atoms with E-state index in [1.807, 2.05) is 0 Å². The Balaban J connectivity index is 1.98. The van der Waals surface area contributed by atoms with Crippen molar-refractivity contribution >= 4 is 0 Å². The van der Waals surface area contributed by atoms with Gasteiger partial charge in [0.15, 0.2) is 0 Å². The molecular weight excluding hydrogens is 208 g/mol.